The maximum Gasteiger partial charge on any atom is 0.234 e. The van der Waals surface area contributed by atoms with Crippen molar-refractivity contribution in [3.05, 3.63) is 54.1 Å². The number of hydrogen-bond acceptors (Lipinski definition) is 7. The molecule has 0 bridgehead atoms. The summed E-state index contributed by atoms with van der Waals surface area (Å²) in [7, 11) is 2.15. The molecule has 1 aliphatic heterocycles. The largest absolute Gasteiger partial charge is 0.369 e. The number of aromatic nitrogens is 4. The molecule has 8 nitrogen and oxygen atoms in total. The van der Waals surface area contributed by atoms with Gasteiger partial charge < -0.3 is 15.1 Å². The third-order valence-electron chi connectivity index (χ3n) is 5.39. The molecular weight excluding hydrogens is 410 g/mol. The summed E-state index contributed by atoms with van der Waals surface area (Å²) in [5, 5.41) is 15.6. The number of likely N-dealkylation sites (N-methyl/N-ethyl adjacent to an activating group) is 1. The van der Waals surface area contributed by atoms with Gasteiger partial charge in [-0.1, -0.05) is 36.9 Å². The average Bonchev–Trinajstić information content (AvgIpc) is 3.27. The lowest BCUT2D eigenvalue weighted by Crippen LogP contribution is -2.44. The van der Waals surface area contributed by atoms with Crippen molar-refractivity contribution in [3.63, 3.8) is 0 Å². The third kappa shape index (κ3) is 5.23. The Morgan fingerprint density at radius 2 is 1.81 bits per heavy atom. The second-order valence-corrected chi connectivity index (χ2v) is 8.47. The summed E-state index contributed by atoms with van der Waals surface area (Å²) < 4.78 is 1.70. The van der Waals surface area contributed by atoms with Crippen LogP contribution in [0.25, 0.3) is 5.69 Å². The van der Waals surface area contributed by atoms with Crippen molar-refractivity contribution in [2.75, 3.05) is 49.2 Å². The van der Waals surface area contributed by atoms with E-state index in [-0.39, 0.29) is 11.7 Å². The molecule has 1 amide bonds. The zero-order valence-electron chi connectivity index (χ0n) is 17.9. The van der Waals surface area contributed by atoms with Crippen LogP contribution in [0.4, 0.5) is 11.4 Å². The molecule has 0 unspecified atom stereocenters. The van der Waals surface area contributed by atoms with Crippen LogP contribution in [0.2, 0.25) is 0 Å². The predicted molar refractivity (Wildman–Crippen MR) is 124 cm³/mol. The van der Waals surface area contributed by atoms with Crippen molar-refractivity contribution in [1.82, 2.24) is 25.1 Å². The van der Waals surface area contributed by atoms with Gasteiger partial charge in [0.15, 0.2) is 0 Å². The highest BCUT2D eigenvalue weighted by Gasteiger charge is 2.15. The Hall–Kier alpha value is -2.91. The van der Waals surface area contributed by atoms with E-state index < -0.39 is 0 Å². The van der Waals surface area contributed by atoms with Gasteiger partial charge in [-0.3, -0.25) is 4.79 Å². The Kier molecular flexibility index (Phi) is 6.83. The molecule has 1 N–H and O–H groups in total. The molecule has 0 atom stereocenters. The number of hydrogen-bond donors (Lipinski definition) is 1. The summed E-state index contributed by atoms with van der Waals surface area (Å²) in [5.74, 6) is 0.144. The molecule has 0 aliphatic carbocycles. The molecule has 0 radical (unpaired) electrons. The van der Waals surface area contributed by atoms with Crippen molar-refractivity contribution < 1.29 is 4.79 Å². The number of nitrogens with one attached hydrogen (secondary N) is 1. The first-order valence-corrected chi connectivity index (χ1v) is 11.5. The molecule has 1 aromatic heterocycles. The van der Waals surface area contributed by atoms with Gasteiger partial charge in [0.1, 0.15) is 0 Å². The highest BCUT2D eigenvalue weighted by molar-refractivity contribution is 7.99. The lowest BCUT2D eigenvalue weighted by molar-refractivity contribution is -0.113. The van der Waals surface area contributed by atoms with Crippen LogP contribution in [-0.2, 0) is 11.2 Å². The Balaban J connectivity index is 1.34. The van der Waals surface area contributed by atoms with Crippen LogP contribution in [0.5, 0.6) is 0 Å². The molecule has 0 spiro atoms. The number of piperazine rings is 1. The summed E-state index contributed by atoms with van der Waals surface area (Å²) >= 11 is 1.32. The van der Waals surface area contributed by atoms with Crippen molar-refractivity contribution in [3.8, 4) is 5.69 Å². The molecule has 3 aromatic rings. The van der Waals surface area contributed by atoms with Crippen molar-refractivity contribution in [2.24, 2.45) is 0 Å². The van der Waals surface area contributed by atoms with E-state index in [0.29, 0.717) is 5.16 Å². The number of aryl methyl sites for hydroxylation is 1. The van der Waals surface area contributed by atoms with Crippen molar-refractivity contribution in [1.29, 1.82) is 0 Å². The highest BCUT2D eigenvalue weighted by Crippen LogP contribution is 2.22. The maximum absolute atomic E-state index is 12.5. The second-order valence-electron chi connectivity index (χ2n) is 7.53. The third-order valence-corrected chi connectivity index (χ3v) is 6.31. The normalized spacial score (nSPS) is 14.6. The predicted octanol–water partition coefficient (Wildman–Crippen LogP) is 2.71. The number of benzene rings is 2. The fourth-order valence-electron chi connectivity index (χ4n) is 3.58. The molecule has 162 valence electrons. The van der Waals surface area contributed by atoms with Crippen LogP contribution >= 0.6 is 11.8 Å². The zero-order chi connectivity index (χ0) is 21.6. The van der Waals surface area contributed by atoms with Crippen LogP contribution < -0.4 is 10.2 Å². The van der Waals surface area contributed by atoms with Crippen LogP contribution in [0.3, 0.4) is 0 Å². The van der Waals surface area contributed by atoms with Gasteiger partial charge in [0, 0.05) is 37.6 Å². The number of thioether (sulfide) groups is 1. The monoisotopic (exact) mass is 437 g/mol. The zero-order valence-corrected chi connectivity index (χ0v) is 18.7. The molecule has 2 aromatic carbocycles. The number of nitrogens with zero attached hydrogens (tertiary/aromatic N) is 6. The van der Waals surface area contributed by atoms with Crippen LogP contribution in [0.15, 0.2) is 53.7 Å². The molecule has 31 heavy (non-hydrogen) atoms. The second kappa shape index (κ2) is 9.93. The number of anilines is 2. The minimum atomic E-state index is -0.0873. The molecule has 1 saturated heterocycles. The van der Waals surface area contributed by atoms with Crippen LogP contribution in [0, 0.1) is 0 Å². The molecule has 0 saturated carbocycles. The van der Waals surface area contributed by atoms with Gasteiger partial charge in [-0.25, -0.2) is 0 Å². The van der Waals surface area contributed by atoms with Gasteiger partial charge in [-0.05, 0) is 59.8 Å². The Morgan fingerprint density at radius 3 is 2.55 bits per heavy atom. The summed E-state index contributed by atoms with van der Waals surface area (Å²) in [4.78, 5) is 17.2. The molecule has 1 aliphatic rings. The fraction of sp³-hybridized carbons (Fsp3) is 0.364. The number of carbonyl (C=O) groups excluding carboxylic acids is 1. The number of tetrazole rings is 1. The van der Waals surface area contributed by atoms with Gasteiger partial charge in [0.25, 0.3) is 0 Å². The minimum Gasteiger partial charge on any atom is -0.369 e. The lowest BCUT2D eigenvalue weighted by Gasteiger charge is -2.34. The number of amides is 1. The molecule has 9 heteroatoms. The van der Waals surface area contributed by atoms with Gasteiger partial charge in [0.05, 0.1) is 11.4 Å². The average molecular weight is 438 g/mol. The first kappa shape index (κ1) is 21.3. The summed E-state index contributed by atoms with van der Waals surface area (Å²) in [6.07, 6.45) is 0.880. The van der Waals surface area contributed by atoms with E-state index in [4.69, 9.17) is 0 Å². The summed E-state index contributed by atoms with van der Waals surface area (Å²) in [6, 6.07) is 16.1. The smallest absolute Gasteiger partial charge is 0.234 e. The summed E-state index contributed by atoms with van der Waals surface area (Å²) in [6.45, 7) is 6.28. The maximum atomic E-state index is 12.5. The van der Waals surface area contributed by atoms with Crippen molar-refractivity contribution >= 4 is 29.0 Å². The minimum absolute atomic E-state index is 0.0873. The first-order chi connectivity index (χ1) is 15.1. The SMILES string of the molecule is CCc1ccccc1-n1nnnc1SCC(=O)Nc1ccc(N2CCN(C)CC2)cc1. The standard InChI is InChI=1S/C22H27N7OS/c1-3-17-6-4-5-7-20(17)29-22(24-25-26-29)31-16-21(30)23-18-8-10-19(11-9-18)28-14-12-27(2)13-15-28/h4-11H,3,12-16H2,1-2H3,(H,23,30). The number of rotatable bonds is 7. The number of para-hydroxylation sites is 1. The van der Waals surface area contributed by atoms with Crippen LogP contribution in [-0.4, -0.2) is 70.0 Å². The highest BCUT2D eigenvalue weighted by atomic mass is 32.2. The Bertz CT molecular complexity index is 1010. The van der Waals surface area contributed by atoms with Gasteiger partial charge in [-0.15, -0.1) is 5.10 Å². The lowest BCUT2D eigenvalue weighted by atomic mass is 10.1. The molecular formula is C22H27N7OS. The fourth-order valence-corrected chi connectivity index (χ4v) is 4.27. The topological polar surface area (TPSA) is 79.2 Å². The van der Waals surface area contributed by atoms with Crippen molar-refractivity contribution in [2.45, 2.75) is 18.5 Å². The van der Waals surface area contributed by atoms with E-state index >= 15 is 0 Å². The first-order valence-electron chi connectivity index (χ1n) is 10.5. The molecule has 1 fully saturated rings. The molecule has 2 heterocycles. The van der Waals surface area contributed by atoms with Gasteiger partial charge >= 0.3 is 0 Å². The van der Waals surface area contributed by atoms with Gasteiger partial charge in [0.2, 0.25) is 11.1 Å². The van der Waals surface area contributed by atoms with E-state index in [2.05, 4.69) is 62.8 Å². The quantitative estimate of drug-likeness (QED) is 0.569. The Morgan fingerprint density at radius 1 is 1.06 bits per heavy atom. The van der Waals surface area contributed by atoms with E-state index in [1.54, 1.807) is 4.68 Å². The van der Waals surface area contributed by atoms with E-state index in [1.165, 1.54) is 17.4 Å². The van der Waals surface area contributed by atoms with Gasteiger partial charge in [-0.2, -0.15) is 4.68 Å². The number of carbonyl (C=O) groups is 1. The van der Waals surface area contributed by atoms with Crippen LogP contribution in [0.1, 0.15) is 12.5 Å². The van der Waals surface area contributed by atoms with E-state index in [0.717, 1.165) is 49.5 Å². The molecule has 4 rings (SSSR count). The Labute approximate surface area is 186 Å². The van der Waals surface area contributed by atoms with E-state index in [1.807, 2.05) is 30.3 Å². The summed E-state index contributed by atoms with van der Waals surface area (Å²) in [5.41, 5.74) is 4.08. The van der Waals surface area contributed by atoms with E-state index in [9.17, 15) is 4.79 Å².